The summed E-state index contributed by atoms with van der Waals surface area (Å²) in [4.78, 5) is 0.228. The Morgan fingerprint density at radius 3 is 2.22 bits per heavy atom. The second-order valence-corrected chi connectivity index (χ2v) is 9.65. The highest BCUT2D eigenvalue weighted by Crippen LogP contribution is 2.57. The number of fused-ring (bicyclic) bond motifs is 4. The number of hydrogen-bond donors (Lipinski definition) is 1. The number of halogens is 2. The number of allylic oxidation sites excluding steroid dienone is 4. The molecule has 0 amide bonds. The van der Waals surface area contributed by atoms with Crippen LogP contribution in [-0.2, 0) is 5.41 Å². The van der Waals surface area contributed by atoms with Gasteiger partial charge in [0.05, 0.1) is 14.2 Å². The number of benzene rings is 2. The number of alkyl halides is 1. The van der Waals surface area contributed by atoms with Gasteiger partial charge in [0, 0.05) is 21.5 Å². The lowest BCUT2D eigenvalue weighted by Crippen LogP contribution is -2.28. The molecule has 0 fully saturated rings. The molecule has 1 N–H and O–H groups in total. The minimum absolute atomic E-state index is 0.184. The van der Waals surface area contributed by atoms with Crippen LogP contribution >= 0.6 is 31.9 Å². The molecule has 0 saturated carbocycles. The first-order valence-electron chi connectivity index (χ1n) is 8.90. The van der Waals surface area contributed by atoms with Crippen molar-refractivity contribution < 1.29 is 14.6 Å². The maximum atomic E-state index is 10.8. The zero-order valence-corrected chi connectivity index (χ0v) is 19.2. The molecule has 27 heavy (non-hydrogen) atoms. The lowest BCUT2D eigenvalue weighted by atomic mass is 9.76. The largest absolute Gasteiger partial charge is 0.507 e. The van der Waals surface area contributed by atoms with E-state index in [1.54, 1.807) is 14.2 Å². The van der Waals surface area contributed by atoms with Gasteiger partial charge in [-0.05, 0) is 56.4 Å². The fourth-order valence-electron chi connectivity index (χ4n) is 4.43. The minimum Gasteiger partial charge on any atom is -0.507 e. The number of aromatic hydroxyl groups is 1. The van der Waals surface area contributed by atoms with E-state index in [-0.39, 0.29) is 16.0 Å². The Labute approximate surface area is 176 Å². The molecule has 0 heterocycles. The Balaban J connectivity index is 2.13. The van der Waals surface area contributed by atoms with Crippen LogP contribution in [0.4, 0.5) is 0 Å². The van der Waals surface area contributed by atoms with Crippen LogP contribution in [0.25, 0.3) is 16.3 Å². The van der Waals surface area contributed by atoms with Crippen LogP contribution in [0.5, 0.6) is 17.2 Å². The molecule has 2 aromatic rings. The van der Waals surface area contributed by atoms with Crippen molar-refractivity contribution in [3.63, 3.8) is 0 Å². The summed E-state index contributed by atoms with van der Waals surface area (Å²) in [5.74, 6) is 1.89. The molecule has 2 aliphatic carbocycles. The van der Waals surface area contributed by atoms with E-state index in [9.17, 15) is 5.11 Å². The van der Waals surface area contributed by atoms with Crippen LogP contribution in [0.15, 0.2) is 34.3 Å². The van der Waals surface area contributed by atoms with E-state index in [4.69, 9.17) is 9.47 Å². The van der Waals surface area contributed by atoms with Crippen molar-refractivity contribution in [2.45, 2.75) is 31.0 Å². The molecule has 0 aromatic heterocycles. The Hall–Kier alpha value is -1.46. The first kappa shape index (κ1) is 18.9. The fourth-order valence-corrected chi connectivity index (χ4v) is 6.38. The monoisotopic (exact) mass is 492 g/mol. The number of phenolic OH excluding ortho intramolecular Hbond substituents is 1. The molecule has 142 valence electrons. The maximum absolute atomic E-state index is 10.8. The Bertz CT molecular complexity index is 1030. The van der Waals surface area contributed by atoms with Crippen molar-refractivity contribution in [3.05, 3.63) is 45.5 Å². The van der Waals surface area contributed by atoms with Gasteiger partial charge in [0.2, 0.25) is 0 Å². The van der Waals surface area contributed by atoms with Crippen molar-refractivity contribution in [1.82, 2.24) is 0 Å². The summed E-state index contributed by atoms with van der Waals surface area (Å²) in [5, 5.41) is 12.6. The van der Waals surface area contributed by atoms with Crippen LogP contribution in [0.2, 0.25) is 0 Å². The molecule has 5 heteroatoms. The first-order chi connectivity index (χ1) is 12.7. The predicted octanol–water partition coefficient (Wildman–Crippen LogP) is 6.30. The average molecular weight is 494 g/mol. The summed E-state index contributed by atoms with van der Waals surface area (Å²) >= 11 is 7.69. The summed E-state index contributed by atoms with van der Waals surface area (Å²) in [6.07, 6.45) is 2.23. The van der Waals surface area contributed by atoms with E-state index in [1.807, 2.05) is 18.2 Å². The third kappa shape index (κ3) is 2.51. The van der Waals surface area contributed by atoms with Crippen molar-refractivity contribution in [3.8, 4) is 17.2 Å². The molecule has 0 saturated heterocycles. The molecule has 0 spiro atoms. The van der Waals surface area contributed by atoms with E-state index in [0.29, 0.717) is 17.4 Å². The first-order valence-corrected chi connectivity index (χ1v) is 10.6. The fraction of sp³-hybridized carbons (Fsp3) is 0.364. The molecule has 2 unspecified atom stereocenters. The van der Waals surface area contributed by atoms with Crippen molar-refractivity contribution in [1.29, 1.82) is 0 Å². The average Bonchev–Trinajstić information content (AvgIpc) is 2.85. The van der Waals surface area contributed by atoms with Gasteiger partial charge in [0.15, 0.2) is 11.5 Å². The summed E-state index contributed by atoms with van der Waals surface area (Å²) in [5.41, 5.74) is 4.70. The maximum Gasteiger partial charge on any atom is 0.161 e. The van der Waals surface area contributed by atoms with Gasteiger partial charge in [-0.2, -0.15) is 0 Å². The van der Waals surface area contributed by atoms with Gasteiger partial charge in [-0.25, -0.2) is 0 Å². The standard InChI is InChI=1S/C22H22Br2O3/c1-10-15(23)6-13-19-12-8-18(27-5)17(26-4)7-11(12)16(25)9-14(19)22(2,3)20(13)21(10)24/h6-10,21,25H,1-5H3. The van der Waals surface area contributed by atoms with Gasteiger partial charge >= 0.3 is 0 Å². The van der Waals surface area contributed by atoms with Gasteiger partial charge in [0.1, 0.15) is 5.75 Å². The van der Waals surface area contributed by atoms with Crippen LogP contribution in [-0.4, -0.2) is 24.2 Å². The predicted molar refractivity (Wildman–Crippen MR) is 118 cm³/mol. The molecule has 0 bridgehead atoms. The highest BCUT2D eigenvalue weighted by atomic mass is 79.9. The topological polar surface area (TPSA) is 38.7 Å². The van der Waals surface area contributed by atoms with Gasteiger partial charge in [-0.3, -0.25) is 0 Å². The van der Waals surface area contributed by atoms with Crippen LogP contribution in [0, 0.1) is 5.92 Å². The summed E-state index contributed by atoms with van der Waals surface area (Å²) < 4.78 is 12.1. The molecule has 2 atom stereocenters. The number of phenols is 1. The highest BCUT2D eigenvalue weighted by Gasteiger charge is 2.45. The lowest BCUT2D eigenvalue weighted by Gasteiger charge is -2.33. The molecule has 2 aromatic carbocycles. The second kappa shape index (κ2) is 6.28. The van der Waals surface area contributed by atoms with Crippen molar-refractivity contribution >= 4 is 48.2 Å². The van der Waals surface area contributed by atoms with Crippen LogP contribution in [0.3, 0.4) is 0 Å². The highest BCUT2D eigenvalue weighted by molar-refractivity contribution is 9.12. The summed E-state index contributed by atoms with van der Waals surface area (Å²) in [7, 11) is 3.24. The number of rotatable bonds is 2. The zero-order valence-electron chi connectivity index (χ0n) is 16.0. The van der Waals surface area contributed by atoms with E-state index in [1.165, 1.54) is 15.6 Å². The number of hydrogen-bond acceptors (Lipinski definition) is 3. The van der Waals surface area contributed by atoms with E-state index >= 15 is 0 Å². The molecular formula is C22H22Br2O3. The normalized spacial score (nSPS) is 23.1. The number of ether oxygens (including phenoxy) is 2. The molecule has 0 aliphatic heterocycles. The smallest absolute Gasteiger partial charge is 0.161 e. The minimum atomic E-state index is -0.184. The van der Waals surface area contributed by atoms with Crippen LogP contribution < -0.4 is 9.47 Å². The Morgan fingerprint density at radius 2 is 1.63 bits per heavy atom. The third-order valence-electron chi connectivity index (χ3n) is 5.96. The SMILES string of the molecule is COc1cc2c(O)cc3c(c2cc1OC)C1=C(C(Br)C(C)C(Br)=C1)C3(C)C. The zero-order chi connectivity index (χ0) is 19.7. The summed E-state index contributed by atoms with van der Waals surface area (Å²) in [6, 6.07) is 5.74. The molecule has 4 rings (SSSR count). The quantitative estimate of drug-likeness (QED) is 0.499. The van der Waals surface area contributed by atoms with Gasteiger partial charge in [0.25, 0.3) is 0 Å². The Morgan fingerprint density at radius 1 is 1.04 bits per heavy atom. The third-order valence-corrected chi connectivity index (χ3v) is 8.16. The molecule has 0 radical (unpaired) electrons. The molecule has 2 aliphatic rings. The molecule has 3 nitrogen and oxygen atoms in total. The Kier molecular flexibility index (Phi) is 4.39. The van der Waals surface area contributed by atoms with E-state index in [0.717, 1.165) is 21.9 Å². The van der Waals surface area contributed by atoms with E-state index in [2.05, 4.69) is 58.7 Å². The van der Waals surface area contributed by atoms with Gasteiger partial charge in [-0.1, -0.05) is 52.6 Å². The number of methoxy groups -OCH3 is 2. The van der Waals surface area contributed by atoms with Crippen molar-refractivity contribution in [2.24, 2.45) is 5.92 Å². The van der Waals surface area contributed by atoms with Crippen LogP contribution in [0.1, 0.15) is 31.9 Å². The van der Waals surface area contributed by atoms with Crippen molar-refractivity contribution in [2.75, 3.05) is 14.2 Å². The van der Waals surface area contributed by atoms with Gasteiger partial charge < -0.3 is 14.6 Å². The lowest BCUT2D eigenvalue weighted by molar-refractivity contribution is 0.355. The van der Waals surface area contributed by atoms with E-state index < -0.39 is 0 Å². The van der Waals surface area contributed by atoms with Gasteiger partial charge in [-0.15, -0.1) is 0 Å². The summed E-state index contributed by atoms with van der Waals surface area (Å²) in [6.45, 7) is 6.68. The second-order valence-electron chi connectivity index (χ2n) is 7.74. The molecular weight excluding hydrogens is 472 g/mol.